The van der Waals surface area contributed by atoms with E-state index < -0.39 is 18.7 Å². The molecule has 0 bridgehead atoms. The van der Waals surface area contributed by atoms with Gasteiger partial charge in [-0.15, -0.1) is 0 Å². The SMILES string of the molecule is COc1cccc2cc(C(=O)Nc3ccc(OCC(F)(F)F)c(C#N)c3)oc12. The molecule has 0 fully saturated rings. The van der Waals surface area contributed by atoms with Crippen molar-refractivity contribution in [2.24, 2.45) is 0 Å². The first-order chi connectivity index (χ1) is 13.3. The fourth-order valence-corrected chi connectivity index (χ4v) is 2.48. The topological polar surface area (TPSA) is 84.5 Å². The monoisotopic (exact) mass is 390 g/mol. The molecule has 9 heteroatoms. The molecule has 6 nitrogen and oxygen atoms in total. The van der Waals surface area contributed by atoms with Crippen LogP contribution in [0.3, 0.4) is 0 Å². The number of nitrogens with one attached hydrogen (secondary N) is 1. The maximum atomic E-state index is 12.4. The van der Waals surface area contributed by atoms with Gasteiger partial charge in [0.2, 0.25) is 0 Å². The number of fused-ring (bicyclic) bond motifs is 1. The smallest absolute Gasteiger partial charge is 0.422 e. The van der Waals surface area contributed by atoms with Gasteiger partial charge in [-0.3, -0.25) is 4.79 Å². The number of nitriles is 1. The van der Waals surface area contributed by atoms with Crippen molar-refractivity contribution in [3.8, 4) is 17.6 Å². The van der Waals surface area contributed by atoms with Gasteiger partial charge in [0, 0.05) is 11.1 Å². The Bertz CT molecular complexity index is 1070. The van der Waals surface area contributed by atoms with E-state index in [2.05, 4.69) is 10.1 Å². The molecule has 1 heterocycles. The normalized spacial score (nSPS) is 11.1. The number of anilines is 1. The Morgan fingerprint density at radius 3 is 2.68 bits per heavy atom. The number of hydrogen-bond donors (Lipinski definition) is 1. The van der Waals surface area contributed by atoms with Crippen LogP contribution in [0, 0.1) is 11.3 Å². The van der Waals surface area contributed by atoms with Crippen molar-refractivity contribution in [2.45, 2.75) is 6.18 Å². The molecular weight excluding hydrogens is 377 g/mol. The van der Waals surface area contributed by atoms with Gasteiger partial charge in [0.1, 0.15) is 11.8 Å². The summed E-state index contributed by atoms with van der Waals surface area (Å²) in [5.74, 6) is -0.345. The van der Waals surface area contributed by atoms with Crippen molar-refractivity contribution >= 4 is 22.6 Å². The molecule has 0 saturated heterocycles. The van der Waals surface area contributed by atoms with Crippen LogP contribution in [0.5, 0.6) is 11.5 Å². The van der Waals surface area contributed by atoms with Crippen LogP contribution >= 0.6 is 0 Å². The molecule has 0 aliphatic carbocycles. The lowest BCUT2D eigenvalue weighted by Crippen LogP contribution is -2.19. The first kappa shape index (κ1) is 19.1. The third kappa shape index (κ3) is 4.17. The standard InChI is InChI=1S/C19H13F3N2O4/c1-26-15-4-2-3-11-8-16(28-17(11)15)18(25)24-13-5-6-14(12(7-13)9-23)27-10-19(20,21)22/h2-8H,10H2,1H3,(H,24,25). The summed E-state index contributed by atoms with van der Waals surface area (Å²) in [6.45, 7) is -1.52. The van der Waals surface area contributed by atoms with Gasteiger partial charge in [-0.1, -0.05) is 12.1 Å². The summed E-state index contributed by atoms with van der Waals surface area (Å²) in [6.07, 6.45) is -4.53. The predicted octanol–water partition coefficient (Wildman–Crippen LogP) is 4.51. The summed E-state index contributed by atoms with van der Waals surface area (Å²) in [7, 11) is 1.48. The van der Waals surface area contributed by atoms with E-state index in [1.165, 1.54) is 31.4 Å². The molecule has 0 radical (unpaired) electrons. The van der Waals surface area contributed by atoms with E-state index >= 15 is 0 Å². The Balaban J connectivity index is 1.80. The molecule has 1 amide bonds. The van der Waals surface area contributed by atoms with E-state index in [1.54, 1.807) is 24.3 Å². The summed E-state index contributed by atoms with van der Waals surface area (Å²) < 4.78 is 52.1. The summed E-state index contributed by atoms with van der Waals surface area (Å²) in [5, 5.41) is 12.3. The van der Waals surface area contributed by atoms with E-state index in [4.69, 9.17) is 14.4 Å². The molecular formula is C19H13F3N2O4. The summed E-state index contributed by atoms with van der Waals surface area (Å²) in [5.41, 5.74) is 0.463. The molecule has 0 aliphatic heterocycles. The fraction of sp³-hybridized carbons (Fsp3) is 0.158. The molecule has 1 aromatic heterocycles. The summed E-state index contributed by atoms with van der Waals surface area (Å²) >= 11 is 0. The number of ether oxygens (including phenoxy) is 2. The Morgan fingerprint density at radius 2 is 2.00 bits per heavy atom. The lowest BCUT2D eigenvalue weighted by molar-refractivity contribution is -0.153. The number of furan rings is 1. The molecule has 1 N–H and O–H groups in total. The van der Waals surface area contributed by atoms with E-state index in [-0.39, 0.29) is 22.8 Å². The largest absolute Gasteiger partial charge is 0.493 e. The molecule has 0 saturated carbocycles. The number of carbonyl (C=O) groups is 1. The number of alkyl halides is 3. The minimum absolute atomic E-state index is 0.00963. The highest BCUT2D eigenvalue weighted by atomic mass is 19.4. The molecule has 0 aliphatic rings. The second-order valence-electron chi connectivity index (χ2n) is 5.67. The number of benzene rings is 2. The van der Waals surface area contributed by atoms with Gasteiger partial charge in [-0.25, -0.2) is 0 Å². The second kappa shape index (κ2) is 7.52. The maximum Gasteiger partial charge on any atom is 0.422 e. The quantitative estimate of drug-likeness (QED) is 0.693. The van der Waals surface area contributed by atoms with Gasteiger partial charge < -0.3 is 19.2 Å². The minimum atomic E-state index is -4.53. The zero-order valence-electron chi connectivity index (χ0n) is 14.5. The van der Waals surface area contributed by atoms with E-state index in [1.807, 2.05) is 0 Å². The highest BCUT2D eigenvalue weighted by molar-refractivity contribution is 6.05. The van der Waals surface area contributed by atoms with E-state index in [0.29, 0.717) is 16.7 Å². The molecule has 28 heavy (non-hydrogen) atoms. The second-order valence-corrected chi connectivity index (χ2v) is 5.67. The highest BCUT2D eigenvalue weighted by Gasteiger charge is 2.29. The first-order valence-electron chi connectivity index (χ1n) is 7.92. The third-order valence-corrected chi connectivity index (χ3v) is 3.70. The zero-order chi connectivity index (χ0) is 20.3. The van der Waals surface area contributed by atoms with Crippen LogP contribution in [0.15, 0.2) is 46.9 Å². The van der Waals surface area contributed by atoms with Crippen LogP contribution in [0.25, 0.3) is 11.0 Å². The van der Waals surface area contributed by atoms with Crippen molar-refractivity contribution in [3.63, 3.8) is 0 Å². The van der Waals surface area contributed by atoms with E-state index in [0.717, 1.165) is 0 Å². The van der Waals surface area contributed by atoms with E-state index in [9.17, 15) is 18.0 Å². The lowest BCUT2D eigenvalue weighted by Gasteiger charge is -2.11. The van der Waals surface area contributed by atoms with Crippen molar-refractivity contribution in [3.05, 3.63) is 53.8 Å². The number of nitrogens with zero attached hydrogens (tertiary/aromatic N) is 1. The number of rotatable bonds is 5. The number of methoxy groups -OCH3 is 1. The van der Waals surface area contributed by atoms with Crippen LogP contribution in [-0.2, 0) is 0 Å². The number of para-hydroxylation sites is 1. The van der Waals surface area contributed by atoms with Crippen LogP contribution in [-0.4, -0.2) is 25.8 Å². The molecule has 3 rings (SSSR count). The molecule has 0 spiro atoms. The van der Waals surface area contributed by atoms with Crippen LogP contribution in [0.2, 0.25) is 0 Å². The first-order valence-corrected chi connectivity index (χ1v) is 7.92. The Morgan fingerprint density at radius 1 is 1.21 bits per heavy atom. The molecule has 0 atom stereocenters. The third-order valence-electron chi connectivity index (χ3n) is 3.70. The molecule has 144 valence electrons. The molecule has 0 unspecified atom stereocenters. The van der Waals surface area contributed by atoms with Crippen molar-refractivity contribution in [1.29, 1.82) is 5.26 Å². The van der Waals surface area contributed by atoms with Crippen molar-refractivity contribution in [2.75, 3.05) is 19.0 Å². The number of hydrogen-bond acceptors (Lipinski definition) is 5. The van der Waals surface area contributed by atoms with Gasteiger partial charge >= 0.3 is 6.18 Å². The number of carbonyl (C=O) groups excluding carboxylic acids is 1. The fourth-order valence-electron chi connectivity index (χ4n) is 2.48. The zero-order valence-corrected chi connectivity index (χ0v) is 14.5. The average Bonchev–Trinajstić information content (AvgIpc) is 3.10. The Labute approximate surface area is 157 Å². The summed E-state index contributed by atoms with van der Waals surface area (Å²) in [4.78, 5) is 12.4. The Hall–Kier alpha value is -3.67. The summed E-state index contributed by atoms with van der Waals surface area (Å²) in [6, 6.07) is 12.2. The van der Waals surface area contributed by atoms with Crippen LogP contribution in [0.4, 0.5) is 18.9 Å². The Kier molecular flexibility index (Phi) is 5.13. The molecule has 3 aromatic rings. The van der Waals surface area contributed by atoms with Crippen molar-refractivity contribution in [1.82, 2.24) is 0 Å². The van der Waals surface area contributed by atoms with Crippen LogP contribution < -0.4 is 14.8 Å². The van der Waals surface area contributed by atoms with Crippen LogP contribution in [0.1, 0.15) is 16.1 Å². The highest BCUT2D eigenvalue weighted by Crippen LogP contribution is 2.29. The predicted molar refractivity (Wildman–Crippen MR) is 93.4 cm³/mol. The van der Waals surface area contributed by atoms with Gasteiger partial charge in [0.25, 0.3) is 5.91 Å². The van der Waals surface area contributed by atoms with Gasteiger partial charge in [-0.2, -0.15) is 18.4 Å². The number of amides is 1. The lowest BCUT2D eigenvalue weighted by atomic mass is 10.2. The number of halogens is 3. The minimum Gasteiger partial charge on any atom is -0.493 e. The maximum absolute atomic E-state index is 12.4. The van der Waals surface area contributed by atoms with Crippen molar-refractivity contribution < 1.29 is 31.9 Å². The van der Waals surface area contributed by atoms with Gasteiger partial charge in [-0.05, 0) is 30.3 Å². The molecule has 2 aromatic carbocycles. The van der Waals surface area contributed by atoms with Gasteiger partial charge in [0.05, 0.1) is 12.7 Å². The van der Waals surface area contributed by atoms with Gasteiger partial charge in [0.15, 0.2) is 23.7 Å². The average molecular weight is 390 g/mol.